The second kappa shape index (κ2) is 11.6. The van der Waals surface area contributed by atoms with E-state index < -0.39 is 112 Å². The molecule has 0 aliphatic carbocycles. The molecular weight excluding hydrogens is 468 g/mol. The van der Waals surface area contributed by atoms with E-state index >= 15 is 0 Å². The summed E-state index contributed by atoms with van der Waals surface area (Å²) < 4.78 is 27.1. The highest BCUT2D eigenvalue weighted by Crippen LogP contribution is 2.32. The Morgan fingerprint density at radius 3 is 1.41 bits per heavy atom. The van der Waals surface area contributed by atoms with Gasteiger partial charge in [0.2, 0.25) is 0 Å². The van der Waals surface area contributed by atoms with Crippen molar-refractivity contribution in [2.24, 2.45) is 0 Å². The maximum Gasteiger partial charge on any atom is 0.187 e. The third-order valence-corrected chi connectivity index (χ3v) is 6.35. The molecule has 10 N–H and O–H groups in total. The molecule has 15 atom stereocenters. The predicted octanol–water partition coefficient (Wildman–Crippen LogP) is -6.50. The van der Waals surface area contributed by atoms with Crippen LogP contribution in [-0.2, 0) is 23.7 Å². The van der Waals surface area contributed by atoms with Gasteiger partial charge in [-0.2, -0.15) is 0 Å². The Kier molecular flexibility index (Phi) is 9.57. The number of rotatable bonds is 7. The largest absolute Gasteiger partial charge is 0.394 e. The zero-order valence-electron chi connectivity index (χ0n) is 18.3. The van der Waals surface area contributed by atoms with Crippen LogP contribution in [0.1, 0.15) is 6.92 Å². The molecular formula is C19H34O15. The first-order chi connectivity index (χ1) is 16.0. The lowest BCUT2D eigenvalue weighted by Crippen LogP contribution is -2.66. The average molecular weight is 502 g/mol. The van der Waals surface area contributed by atoms with Crippen molar-refractivity contribution in [2.45, 2.75) is 98.9 Å². The molecule has 3 heterocycles. The second-order valence-electron chi connectivity index (χ2n) is 8.65. The lowest BCUT2D eigenvalue weighted by molar-refractivity contribution is -0.372. The van der Waals surface area contributed by atoms with E-state index in [1.807, 2.05) is 0 Å². The monoisotopic (exact) mass is 502 g/mol. The first-order valence-electron chi connectivity index (χ1n) is 10.9. The van der Waals surface area contributed by atoms with Crippen molar-refractivity contribution < 1.29 is 74.7 Å². The number of ether oxygens (including phenoxy) is 5. The van der Waals surface area contributed by atoms with Gasteiger partial charge in [-0.05, 0) is 6.92 Å². The van der Waals surface area contributed by atoms with Crippen molar-refractivity contribution in [1.29, 1.82) is 0 Å². The molecule has 15 heteroatoms. The van der Waals surface area contributed by atoms with Gasteiger partial charge in [-0.1, -0.05) is 0 Å². The van der Waals surface area contributed by atoms with Gasteiger partial charge in [-0.15, -0.1) is 0 Å². The molecule has 0 bridgehead atoms. The summed E-state index contributed by atoms with van der Waals surface area (Å²) in [7, 11) is 0. The second-order valence-corrected chi connectivity index (χ2v) is 8.65. The van der Waals surface area contributed by atoms with Crippen LogP contribution in [0.15, 0.2) is 0 Å². The Labute approximate surface area is 194 Å². The lowest BCUT2D eigenvalue weighted by atomic mass is 9.94. The number of aliphatic hydroxyl groups is 10. The van der Waals surface area contributed by atoms with E-state index in [0.29, 0.717) is 0 Å². The highest BCUT2D eigenvalue weighted by Gasteiger charge is 2.52. The van der Waals surface area contributed by atoms with E-state index in [1.54, 1.807) is 0 Å². The summed E-state index contributed by atoms with van der Waals surface area (Å²) in [5.41, 5.74) is 0. The topological polar surface area (TPSA) is 248 Å². The lowest BCUT2D eigenvalue weighted by Gasteiger charge is -2.48. The molecule has 3 saturated heterocycles. The Bertz CT molecular complexity index is 635. The summed E-state index contributed by atoms with van der Waals surface area (Å²) in [5, 5.41) is 100. The van der Waals surface area contributed by atoms with E-state index in [0.717, 1.165) is 0 Å². The molecule has 0 aromatic heterocycles. The first-order valence-corrected chi connectivity index (χ1v) is 10.9. The van der Waals surface area contributed by atoms with Crippen LogP contribution in [0.3, 0.4) is 0 Å². The van der Waals surface area contributed by atoms with Crippen LogP contribution in [0, 0.1) is 0 Å². The van der Waals surface area contributed by atoms with Gasteiger partial charge in [-0.3, -0.25) is 0 Å². The molecule has 0 radical (unpaired) electrons. The van der Waals surface area contributed by atoms with Crippen LogP contribution in [0.4, 0.5) is 0 Å². The van der Waals surface area contributed by atoms with Gasteiger partial charge in [0.25, 0.3) is 0 Å². The summed E-state index contributed by atoms with van der Waals surface area (Å²) in [6, 6.07) is 0. The van der Waals surface area contributed by atoms with Crippen molar-refractivity contribution in [2.75, 3.05) is 19.8 Å². The molecule has 3 rings (SSSR count). The highest BCUT2D eigenvalue weighted by atomic mass is 16.7. The summed E-state index contributed by atoms with van der Waals surface area (Å²) in [5.74, 6) is 0. The van der Waals surface area contributed by atoms with Crippen LogP contribution in [0.2, 0.25) is 0 Å². The average Bonchev–Trinajstić information content (AvgIpc) is 2.83. The normalized spacial score (nSPS) is 52.5. The smallest absolute Gasteiger partial charge is 0.187 e. The molecule has 0 aromatic rings. The molecule has 34 heavy (non-hydrogen) atoms. The minimum Gasteiger partial charge on any atom is -0.394 e. The van der Waals surface area contributed by atoms with E-state index in [1.165, 1.54) is 6.92 Å². The molecule has 0 saturated carbocycles. The maximum atomic E-state index is 10.6. The third-order valence-electron chi connectivity index (χ3n) is 6.35. The van der Waals surface area contributed by atoms with Gasteiger partial charge < -0.3 is 74.7 Å². The van der Waals surface area contributed by atoms with Gasteiger partial charge in [0.1, 0.15) is 73.2 Å². The van der Waals surface area contributed by atoms with Gasteiger partial charge in [0.05, 0.1) is 25.9 Å². The number of hydrogen-bond acceptors (Lipinski definition) is 15. The van der Waals surface area contributed by atoms with Crippen molar-refractivity contribution in [1.82, 2.24) is 0 Å². The van der Waals surface area contributed by atoms with Crippen LogP contribution >= 0.6 is 0 Å². The van der Waals surface area contributed by atoms with Crippen molar-refractivity contribution in [3.8, 4) is 0 Å². The Hall–Kier alpha value is -0.600. The maximum absolute atomic E-state index is 10.6. The molecule has 3 fully saturated rings. The van der Waals surface area contributed by atoms with E-state index in [2.05, 4.69) is 0 Å². The Morgan fingerprint density at radius 1 is 0.500 bits per heavy atom. The first kappa shape index (κ1) is 28.0. The van der Waals surface area contributed by atoms with Crippen molar-refractivity contribution >= 4 is 0 Å². The van der Waals surface area contributed by atoms with E-state index in [9.17, 15) is 51.1 Å². The third kappa shape index (κ3) is 5.39. The quantitative estimate of drug-likeness (QED) is 0.155. The van der Waals surface area contributed by atoms with Gasteiger partial charge in [0, 0.05) is 0 Å². The SMILES string of the molecule is C[C@@H]1OC(CO)[C@@H](O[C@H]2OC(CO)[C@@H](O[C@H]3OC(CO)[C@@H](O)C(O)C3O)C(O)C2O)C(O)C1O. The number of hydrogen-bond donors (Lipinski definition) is 10. The highest BCUT2D eigenvalue weighted by molar-refractivity contribution is 4.96. The van der Waals surface area contributed by atoms with Crippen LogP contribution in [0.25, 0.3) is 0 Å². The van der Waals surface area contributed by atoms with Gasteiger partial charge in [-0.25, -0.2) is 0 Å². The zero-order valence-corrected chi connectivity index (χ0v) is 18.3. The Morgan fingerprint density at radius 2 is 0.912 bits per heavy atom. The fourth-order valence-corrected chi connectivity index (χ4v) is 4.26. The molecule has 15 nitrogen and oxygen atoms in total. The minimum absolute atomic E-state index is 0.601. The van der Waals surface area contributed by atoms with Crippen LogP contribution < -0.4 is 0 Å². The minimum atomic E-state index is -1.85. The summed E-state index contributed by atoms with van der Waals surface area (Å²) in [6.07, 6.45) is -22.6. The summed E-state index contributed by atoms with van der Waals surface area (Å²) in [4.78, 5) is 0. The fraction of sp³-hybridized carbons (Fsp3) is 1.00. The Balaban J connectivity index is 1.72. The molecule has 3 aliphatic heterocycles. The van der Waals surface area contributed by atoms with Crippen molar-refractivity contribution in [3.05, 3.63) is 0 Å². The molecule has 9 unspecified atom stereocenters. The number of aliphatic hydroxyl groups excluding tert-OH is 10. The zero-order chi connectivity index (χ0) is 25.3. The molecule has 0 amide bonds. The van der Waals surface area contributed by atoms with Gasteiger partial charge in [0.15, 0.2) is 12.6 Å². The van der Waals surface area contributed by atoms with Crippen LogP contribution in [0.5, 0.6) is 0 Å². The summed E-state index contributed by atoms with van der Waals surface area (Å²) in [6.45, 7) is -0.626. The van der Waals surface area contributed by atoms with Crippen LogP contribution in [-0.4, -0.2) is 163 Å². The summed E-state index contributed by atoms with van der Waals surface area (Å²) >= 11 is 0. The predicted molar refractivity (Wildman–Crippen MR) is 105 cm³/mol. The fourth-order valence-electron chi connectivity index (χ4n) is 4.26. The van der Waals surface area contributed by atoms with Crippen molar-refractivity contribution in [3.63, 3.8) is 0 Å². The molecule has 0 aromatic carbocycles. The molecule has 0 spiro atoms. The van der Waals surface area contributed by atoms with E-state index in [-0.39, 0.29) is 0 Å². The molecule has 3 aliphatic rings. The van der Waals surface area contributed by atoms with E-state index in [4.69, 9.17) is 23.7 Å². The van der Waals surface area contributed by atoms with Gasteiger partial charge >= 0.3 is 0 Å². The standard InChI is InChI=1S/C19H34O15/c1-5-9(23)12(26)16(7(3-21)30-5)33-19-15(29)13(27)17(8(4-22)32-19)34-18-14(28)11(25)10(24)6(2-20)31-18/h5-29H,2-4H2,1H3/t5-,6?,7?,8?,9?,10+,11?,12?,13?,14?,15?,16+,17+,18+,19+/m0/s1. The molecule has 200 valence electrons.